The van der Waals surface area contributed by atoms with Crippen LogP contribution in [-0.2, 0) is 0 Å². The van der Waals surface area contributed by atoms with E-state index in [1.54, 1.807) is 0 Å². The molecule has 0 spiro atoms. The van der Waals surface area contributed by atoms with Crippen molar-refractivity contribution in [1.29, 1.82) is 0 Å². The second-order valence-corrected chi connectivity index (χ2v) is 5.93. The lowest BCUT2D eigenvalue weighted by atomic mass is 9.59. The summed E-state index contributed by atoms with van der Waals surface area (Å²) in [7, 11) is 0. The lowest BCUT2D eigenvalue weighted by Gasteiger charge is -2.46. The first-order valence-corrected chi connectivity index (χ1v) is 5.56. The van der Waals surface area contributed by atoms with Crippen molar-refractivity contribution in [3.05, 3.63) is 0 Å². The van der Waals surface area contributed by atoms with Crippen LogP contribution in [0.1, 0.15) is 12.8 Å². The summed E-state index contributed by atoms with van der Waals surface area (Å²) in [6, 6.07) is 0. The predicted molar refractivity (Wildman–Crippen MR) is 43.2 cm³/mol. The summed E-state index contributed by atoms with van der Waals surface area (Å²) in [5, 5.41) is 10.1. The highest BCUT2D eigenvalue weighted by Crippen LogP contribution is 2.82. The third-order valence-corrected chi connectivity index (χ3v) is 6.28. The van der Waals surface area contributed by atoms with Gasteiger partial charge in [-0.05, 0) is 60.2 Å². The normalized spacial score (nSPS) is 85.2. The van der Waals surface area contributed by atoms with Crippen LogP contribution >= 0.6 is 0 Å². The van der Waals surface area contributed by atoms with E-state index in [0.29, 0.717) is 0 Å². The van der Waals surface area contributed by atoms with Gasteiger partial charge in [0.15, 0.2) is 0 Å². The van der Waals surface area contributed by atoms with E-state index in [-0.39, 0.29) is 6.10 Å². The Balaban J connectivity index is 1.86. The van der Waals surface area contributed by atoms with Crippen molar-refractivity contribution >= 4 is 0 Å². The average Bonchev–Trinajstić information content (AvgIpc) is 2.47. The van der Waals surface area contributed by atoms with Crippen molar-refractivity contribution in [2.75, 3.05) is 0 Å². The lowest BCUT2D eigenvalue weighted by Crippen LogP contribution is -2.45. The molecule has 0 aliphatic heterocycles. The van der Waals surface area contributed by atoms with Gasteiger partial charge in [-0.1, -0.05) is 0 Å². The number of rotatable bonds is 0. The number of aliphatic hydroxyl groups excluding tert-OH is 1. The van der Waals surface area contributed by atoms with E-state index < -0.39 is 0 Å². The van der Waals surface area contributed by atoms with Crippen LogP contribution in [0.25, 0.3) is 0 Å². The third-order valence-electron chi connectivity index (χ3n) is 6.28. The summed E-state index contributed by atoms with van der Waals surface area (Å²) >= 11 is 0. The molecule has 1 nitrogen and oxygen atoms in total. The van der Waals surface area contributed by atoms with Gasteiger partial charge in [-0.3, -0.25) is 0 Å². The van der Waals surface area contributed by atoms with Crippen LogP contribution in [0.3, 0.4) is 0 Å². The molecule has 12 heavy (non-hydrogen) atoms. The summed E-state index contributed by atoms with van der Waals surface area (Å²) in [5.41, 5.74) is 0. The summed E-state index contributed by atoms with van der Waals surface area (Å²) in [6.07, 6.45) is 3.16. The molecular formula is C11H14O. The molecular weight excluding hydrogens is 148 g/mol. The van der Waals surface area contributed by atoms with Crippen molar-refractivity contribution in [3.8, 4) is 0 Å². The van der Waals surface area contributed by atoms with Crippen molar-refractivity contribution in [3.63, 3.8) is 0 Å². The first kappa shape index (κ1) is 5.64. The largest absolute Gasteiger partial charge is 0.393 e. The summed E-state index contributed by atoms with van der Waals surface area (Å²) < 4.78 is 0. The van der Waals surface area contributed by atoms with Crippen molar-refractivity contribution in [2.45, 2.75) is 18.9 Å². The Kier molecular flexibility index (Phi) is 0.609. The van der Waals surface area contributed by atoms with Crippen LogP contribution in [0, 0.1) is 47.3 Å². The predicted octanol–water partition coefficient (Wildman–Crippen LogP) is 1.13. The SMILES string of the molecule is OC1[C@@H]2[C@H]3C[C@H]4[C@@H]2C[C@@H]2[C@H]1[C@@H]3[C@H]24. The van der Waals surface area contributed by atoms with Gasteiger partial charge in [0.05, 0.1) is 6.10 Å². The van der Waals surface area contributed by atoms with Crippen LogP contribution in [0.5, 0.6) is 0 Å². The molecule has 0 aromatic rings. The van der Waals surface area contributed by atoms with Crippen LogP contribution in [0.4, 0.5) is 0 Å². The molecule has 2 bridgehead atoms. The smallest absolute Gasteiger partial charge is 0.0607 e. The Labute approximate surface area is 72.2 Å². The van der Waals surface area contributed by atoms with Gasteiger partial charge >= 0.3 is 0 Å². The van der Waals surface area contributed by atoms with Gasteiger partial charge in [-0.2, -0.15) is 0 Å². The molecule has 0 saturated heterocycles. The zero-order chi connectivity index (χ0) is 7.61. The van der Waals surface area contributed by atoms with Crippen molar-refractivity contribution in [2.24, 2.45) is 47.3 Å². The Morgan fingerprint density at radius 1 is 0.667 bits per heavy atom. The molecule has 0 heterocycles. The van der Waals surface area contributed by atoms with Crippen LogP contribution in [-0.4, -0.2) is 11.2 Å². The maximum Gasteiger partial charge on any atom is 0.0607 e. The molecule has 1 heteroatoms. The minimum absolute atomic E-state index is 0.146. The minimum atomic E-state index is 0.146. The zero-order valence-electron chi connectivity index (χ0n) is 7.06. The molecule has 0 aromatic heterocycles. The molecule has 1 N–H and O–H groups in total. The lowest BCUT2D eigenvalue weighted by molar-refractivity contribution is -0.0494. The second kappa shape index (κ2) is 1.30. The first-order chi connectivity index (χ1) is 5.88. The average molecular weight is 162 g/mol. The van der Waals surface area contributed by atoms with Gasteiger partial charge in [-0.25, -0.2) is 0 Å². The molecule has 5 aliphatic carbocycles. The Bertz CT molecular complexity index is 277. The van der Waals surface area contributed by atoms with E-state index >= 15 is 0 Å². The number of aliphatic hydroxyl groups is 1. The van der Waals surface area contributed by atoms with Crippen LogP contribution < -0.4 is 0 Å². The van der Waals surface area contributed by atoms with Gasteiger partial charge in [0.1, 0.15) is 0 Å². The van der Waals surface area contributed by atoms with Gasteiger partial charge in [-0.15, -0.1) is 0 Å². The molecule has 5 fully saturated rings. The van der Waals surface area contributed by atoms with Crippen molar-refractivity contribution < 1.29 is 5.11 Å². The fourth-order valence-electron chi connectivity index (χ4n) is 6.42. The first-order valence-electron chi connectivity index (χ1n) is 5.56. The number of hydrogen-bond acceptors (Lipinski definition) is 1. The Morgan fingerprint density at radius 3 is 2.17 bits per heavy atom. The van der Waals surface area contributed by atoms with Gasteiger partial charge in [0.25, 0.3) is 0 Å². The highest BCUT2D eigenvalue weighted by molar-refractivity contribution is 5.27. The Hall–Kier alpha value is -0.0400. The minimum Gasteiger partial charge on any atom is -0.393 e. The fourth-order valence-corrected chi connectivity index (χ4v) is 6.42. The van der Waals surface area contributed by atoms with Gasteiger partial charge < -0.3 is 5.11 Å². The van der Waals surface area contributed by atoms with E-state index in [1.165, 1.54) is 12.8 Å². The molecule has 1 unspecified atom stereocenters. The standard InChI is InChI=1S/C11H14O/c12-11-8-4-2-5-7-3(4)1-6(8)9(7)10(5)11/h3-12H,1-2H2/t3-,4-,5-,6+,7-,8-,9-,10-,11?/m0/s1. The van der Waals surface area contributed by atoms with E-state index in [4.69, 9.17) is 0 Å². The molecule has 64 valence electrons. The van der Waals surface area contributed by atoms with Crippen LogP contribution in [0.2, 0.25) is 0 Å². The van der Waals surface area contributed by atoms with Gasteiger partial charge in [0, 0.05) is 0 Å². The van der Waals surface area contributed by atoms with Crippen LogP contribution in [0.15, 0.2) is 0 Å². The maximum absolute atomic E-state index is 10.1. The highest BCUT2D eigenvalue weighted by Gasteiger charge is 2.80. The fraction of sp³-hybridized carbons (Fsp3) is 1.00. The topological polar surface area (TPSA) is 20.2 Å². The van der Waals surface area contributed by atoms with Gasteiger partial charge in [0.2, 0.25) is 0 Å². The molecule has 5 saturated carbocycles. The summed E-state index contributed by atoms with van der Waals surface area (Å²) in [5.74, 6) is 7.73. The zero-order valence-corrected chi connectivity index (χ0v) is 7.06. The second-order valence-electron chi connectivity index (χ2n) is 5.93. The third kappa shape index (κ3) is 0.296. The summed E-state index contributed by atoms with van der Waals surface area (Å²) in [6.45, 7) is 0. The Morgan fingerprint density at radius 2 is 1.33 bits per heavy atom. The number of fused-ring (bicyclic) bond motifs is 2. The number of hydrogen-bond donors (Lipinski definition) is 1. The monoisotopic (exact) mass is 162 g/mol. The summed E-state index contributed by atoms with van der Waals surface area (Å²) in [4.78, 5) is 0. The molecule has 5 rings (SSSR count). The molecule has 5 aliphatic rings. The molecule has 0 aromatic carbocycles. The molecule has 0 radical (unpaired) electrons. The van der Waals surface area contributed by atoms with E-state index in [2.05, 4.69) is 0 Å². The van der Waals surface area contributed by atoms with E-state index in [9.17, 15) is 5.11 Å². The van der Waals surface area contributed by atoms with Crippen molar-refractivity contribution in [1.82, 2.24) is 0 Å². The molecule has 0 amide bonds. The molecule has 9 atom stereocenters. The highest BCUT2D eigenvalue weighted by atomic mass is 16.3. The van der Waals surface area contributed by atoms with E-state index in [1.807, 2.05) is 0 Å². The quantitative estimate of drug-likeness (QED) is 0.566. The van der Waals surface area contributed by atoms with E-state index in [0.717, 1.165) is 47.3 Å². The maximum atomic E-state index is 10.1.